The van der Waals surface area contributed by atoms with Crippen LogP contribution in [0.1, 0.15) is 6.42 Å². The maximum Gasteiger partial charge on any atom is 0.235 e. The second kappa shape index (κ2) is 6.85. The van der Waals surface area contributed by atoms with Crippen molar-refractivity contribution in [2.24, 2.45) is 0 Å². The molecule has 2 aromatic carbocycles. The molecule has 0 radical (unpaired) electrons. The van der Waals surface area contributed by atoms with E-state index in [2.05, 4.69) is 5.32 Å². The van der Waals surface area contributed by atoms with Crippen LogP contribution in [-0.2, 0) is 10.0 Å². The summed E-state index contributed by atoms with van der Waals surface area (Å²) in [4.78, 5) is 12.9. The number of sulfonamides is 1. The number of phenolic OH excluding ortho intramolecular Hbond substituents is 1. The number of aromatic hydroxyl groups is 2. The molecular formula is C19H17ClN2O6S. The molecule has 0 amide bonds. The van der Waals surface area contributed by atoms with Crippen LogP contribution in [0.4, 0.5) is 11.4 Å². The fourth-order valence-electron chi connectivity index (χ4n) is 3.35. The minimum Gasteiger partial charge on any atom is -0.506 e. The van der Waals surface area contributed by atoms with E-state index < -0.39 is 21.2 Å². The summed E-state index contributed by atoms with van der Waals surface area (Å²) in [5.41, 5.74) is 0.309. The Bertz CT molecular complexity index is 1300. The Balaban J connectivity index is 2.07. The summed E-state index contributed by atoms with van der Waals surface area (Å²) >= 11 is 5.94. The number of nitrogens with zero attached hydrogens (tertiary/aromatic N) is 1. The van der Waals surface area contributed by atoms with Crippen molar-refractivity contribution in [3.63, 3.8) is 0 Å². The summed E-state index contributed by atoms with van der Waals surface area (Å²) in [6, 6.07) is 7.14. The molecule has 8 nitrogen and oxygen atoms in total. The van der Waals surface area contributed by atoms with Gasteiger partial charge in [0.1, 0.15) is 5.75 Å². The van der Waals surface area contributed by atoms with E-state index in [0.717, 1.165) is 0 Å². The standard InChI is InChI=1S/C19H17ClN2O6S/c1-21-11-8-12-16(24)17(25)18(10-3-4-15(23)13(20)7-10)28-19(12)14(9-11)22-5-2-6-29(22,26)27/h3-4,7-9,21,23,25H,2,5-6H2,1H3. The van der Waals surface area contributed by atoms with Crippen LogP contribution in [-0.4, -0.2) is 38.0 Å². The number of phenols is 1. The highest BCUT2D eigenvalue weighted by Crippen LogP contribution is 2.39. The van der Waals surface area contributed by atoms with Crippen LogP contribution < -0.4 is 15.1 Å². The first-order valence-electron chi connectivity index (χ1n) is 8.74. The molecule has 10 heteroatoms. The Kier molecular flexibility index (Phi) is 4.59. The first kappa shape index (κ1) is 19.4. The van der Waals surface area contributed by atoms with Crippen LogP contribution in [0.25, 0.3) is 22.3 Å². The van der Waals surface area contributed by atoms with Gasteiger partial charge in [-0.2, -0.15) is 0 Å². The predicted molar refractivity (Wildman–Crippen MR) is 112 cm³/mol. The van der Waals surface area contributed by atoms with Gasteiger partial charge in [-0.05, 0) is 36.8 Å². The zero-order valence-electron chi connectivity index (χ0n) is 15.3. The quantitative estimate of drug-likeness (QED) is 0.576. The van der Waals surface area contributed by atoms with Gasteiger partial charge in [0.25, 0.3) is 0 Å². The van der Waals surface area contributed by atoms with Gasteiger partial charge in [0.2, 0.25) is 21.2 Å². The number of fused-ring (bicyclic) bond motifs is 1. The topological polar surface area (TPSA) is 120 Å². The molecule has 0 aliphatic carbocycles. The molecule has 0 bridgehead atoms. The van der Waals surface area contributed by atoms with E-state index in [1.807, 2.05) is 0 Å². The highest BCUT2D eigenvalue weighted by molar-refractivity contribution is 7.93. The Morgan fingerprint density at radius 1 is 1.21 bits per heavy atom. The van der Waals surface area contributed by atoms with E-state index in [0.29, 0.717) is 12.1 Å². The largest absolute Gasteiger partial charge is 0.506 e. The average Bonchev–Trinajstić information content (AvgIpc) is 3.05. The Labute approximate surface area is 171 Å². The van der Waals surface area contributed by atoms with Gasteiger partial charge in [-0.1, -0.05) is 11.6 Å². The normalized spacial score (nSPS) is 15.7. The van der Waals surface area contributed by atoms with Gasteiger partial charge in [0.15, 0.2) is 11.3 Å². The molecule has 1 fully saturated rings. The fraction of sp³-hybridized carbons (Fsp3) is 0.211. The molecule has 0 saturated carbocycles. The molecule has 3 aromatic rings. The molecule has 29 heavy (non-hydrogen) atoms. The SMILES string of the molecule is CNc1cc(N2CCCS2(=O)=O)c2oc(-c3ccc(O)c(Cl)c3)c(O)c(=O)c2c1. The molecule has 3 N–H and O–H groups in total. The summed E-state index contributed by atoms with van der Waals surface area (Å²) in [6.07, 6.45) is 0.455. The number of halogens is 1. The zero-order valence-corrected chi connectivity index (χ0v) is 16.8. The number of hydrogen-bond acceptors (Lipinski definition) is 7. The van der Waals surface area contributed by atoms with Crippen molar-refractivity contribution in [2.75, 3.05) is 29.0 Å². The molecule has 0 atom stereocenters. The highest BCUT2D eigenvalue weighted by Gasteiger charge is 2.32. The van der Waals surface area contributed by atoms with E-state index in [4.69, 9.17) is 16.0 Å². The molecule has 1 saturated heterocycles. The highest BCUT2D eigenvalue weighted by atomic mass is 35.5. The summed E-state index contributed by atoms with van der Waals surface area (Å²) in [6.45, 7) is 0.259. The van der Waals surface area contributed by atoms with Crippen molar-refractivity contribution < 1.29 is 23.0 Å². The second-order valence-corrected chi connectivity index (χ2v) is 9.06. The van der Waals surface area contributed by atoms with E-state index >= 15 is 0 Å². The fourth-order valence-corrected chi connectivity index (χ4v) is 5.09. The molecule has 1 aromatic heterocycles. The monoisotopic (exact) mass is 436 g/mol. The van der Waals surface area contributed by atoms with E-state index in [9.17, 15) is 23.4 Å². The van der Waals surface area contributed by atoms with E-state index in [1.165, 1.54) is 28.6 Å². The minimum atomic E-state index is -3.54. The van der Waals surface area contributed by atoms with Crippen molar-refractivity contribution in [3.05, 3.63) is 45.6 Å². The molecule has 152 valence electrons. The smallest absolute Gasteiger partial charge is 0.235 e. The Hall–Kier alpha value is -2.91. The number of nitrogens with one attached hydrogen (secondary N) is 1. The predicted octanol–water partition coefficient (Wildman–Crippen LogP) is 3.11. The number of anilines is 2. The van der Waals surface area contributed by atoms with Crippen LogP contribution in [0.3, 0.4) is 0 Å². The first-order chi connectivity index (χ1) is 13.7. The molecule has 2 heterocycles. The molecule has 1 aliphatic rings. The van der Waals surface area contributed by atoms with Gasteiger partial charge >= 0.3 is 0 Å². The lowest BCUT2D eigenvalue weighted by atomic mass is 10.1. The number of benzene rings is 2. The first-order valence-corrected chi connectivity index (χ1v) is 10.7. The van der Waals surface area contributed by atoms with E-state index in [-0.39, 0.29) is 51.1 Å². The van der Waals surface area contributed by atoms with Crippen molar-refractivity contribution in [1.82, 2.24) is 0 Å². The van der Waals surface area contributed by atoms with E-state index in [1.54, 1.807) is 13.1 Å². The van der Waals surface area contributed by atoms with Gasteiger partial charge in [-0.25, -0.2) is 8.42 Å². The second-order valence-electron chi connectivity index (χ2n) is 6.64. The zero-order chi connectivity index (χ0) is 20.9. The summed E-state index contributed by atoms with van der Waals surface area (Å²) in [5, 5.41) is 23.0. The Morgan fingerprint density at radius 3 is 2.59 bits per heavy atom. The summed E-state index contributed by atoms with van der Waals surface area (Å²) in [5.74, 6) is -0.969. The molecular weight excluding hydrogens is 420 g/mol. The van der Waals surface area contributed by atoms with Crippen LogP contribution in [0.5, 0.6) is 11.5 Å². The van der Waals surface area contributed by atoms with Crippen molar-refractivity contribution >= 4 is 44.0 Å². The van der Waals surface area contributed by atoms with Gasteiger partial charge in [0, 0.05) is 24.8 Å². The molecule has 1 aliphatic heterocycles. The van der Waals surface area contributed by atoms with Crippen LogP contribution in [0.2, 0.25) is 5.02 Å². The average molecular weight is 437 g/mol. The lowest BCUT2D eigenvalue weighted by molar-refractivity contribution is 0.449. The molecule has 0 spiro atoms. The van der Waals surface area contributed by atoms with Crippen LogP contribution in [0.15, 0.2) is 39.5 Å². The third kappa shape index (κ3) is 3.16. The summed E-state index contributed by atoms with van der Waals surface area (Å²) < 4.78 is 32.0. The van der Waals surface area contributed by atoms with Crippen LogP contribution >= 0.6 is 11.6 Å². The van der Waals surface area contributed by atoms with Gasteiger partial charge in [0.05, 0.1) is 21.8 Å². The maximum atomic E-state index is 12.9. The minimum absolute atomic E-state index is 0.00101. The lowest BCUT2D eigenvalue weighted by Gasteiger charge is -2.20. The van der Waals surface area contributed by atoms with Gasteiger partial charge < -0.3 is 19.9 Å². The molecule has 4 rings (SSSR count). The number of hydrogen-bond donors (Lipinski definition) is 3. The third-order valence-electron chi connectivity index (χ3n) is 4.81. The van der Waals surface area contributed by atoms with Gasteiger partial charge in [-0.3, -0.25) is 9.10 Å². The van der Waals surface area contributed by atoms with Crippen LogP contribution in [0, 0.1) is 0 Å². The summed E-state index contributed by atoms with van der Waals surface area (Å²) in [7, 11) is -1.91. The van der Waals surface area contributed by atoms with Gasteiger partial charge in [-0.15, -0.1) is 0 Å². The van der Waals surface area contributed by atoms with Crippen molar-refractivity contribution in [1.29, 1.82) is 0 Å². The maximum absolute atomic E-state index is 12.9. The number of rotatable bonds is 3. The van der Waals surface area contributed by atoms with Crippen molar-refractivity contribution in [2.45, 2.75) is 6.42 Å². The third-order valence-corrected chi connectivity index (χ3v) is 6.97. The lowest BCUT2D eigenvalue weighted by Crippen LogP contribution is -2.25. The van der Waals surface area contributed by atoms with Crippen molar-refractivity contribution in [3.8, 4) is 22.8 Å². The molecule has 0 unspecified atom stereocenters. The Morgan fingerprint density at radius 2 is 1.97 bits per heavy atom.